The second-order valence-electron chi connectivity index (χ2n) is 5.75. The molecular formula is C16H25NO. The van der Waals surface area contributed by atoms with E-state index in [1.807, 2.05) is 12.1 Å². The molecule has 0 bridgehead atoms. The van der Waals surface area contributed by atoms with Crippen molar-refractivity contribution in [3.05, 3.63) is 35.4 Å². The summed E-state index contributed by atoms with van der Waals surface area (Å²) >= 11 is 0. The van der Waals surface area contributed by atoms with Crippen molar-refractivity contribution in [2.45, 2.75) is 45.8 Å². The van der Waals surface area contributed by atoms with E-state index in [1.54, 1.807) is 0 Å². The van der Waals surface area contributed by atoms with Gasteiger partial charge in [-0.3, -0.25) is 0 Å². The van der Waals surface area contributed by atoms with E-state index in [2.05, 4.69) is 24.4 Å². The van der Waals surface area contributed by atoms with Crippen LogP contribution < -0.4 is 5.32 Å². The fraction of sp³-hybridized carbons (Fsp3) is 0.625. The maximum atomic E-state index is 9.10. The highest BCUT2D eigenvalue weighted by atomic mass is 16.3. The van der Waals surface area contributed by atoms with Gasteiger partial charge < -0.3 is 10.4 Å². The van der Waals surface area contributed by atoms with Gasteiger partial charge in [0.1, 0.15) is 0 Å². The fourth-order valence-electron chi connectivity index (χ4n) is 3.00. The molecular weight excluding hydrogens is 222 g/mol. The zero-order chi connectivity index (χ0) is 12.8. The second kappa shape index (κ2) is 6.91. The summed E-state index contributed by atoms with van der Waals surface area (Å²) in [5.41, 5.74) is 2.27. The van der Waals surface area contributed by atoms with E-state index < -0.39 is 0 Å². The number of benzene rings is 1. The van der Waals surface area contributed by atoms with Gasteiger partial charge >= 0.3 is 0 Å². The minimum absolute atomic E-state index is 0.133. The summed E-state index contributed by atoms with van der Waals surface area (Å²) in [4.78, 5) is 0. The van der Waals surface area contributed by atoms with Crippen molar-refractivity contribution in [3.8, 4) is 0 Å². The first-order chi connectivity index (χ1) is 8.78. The molecule has 0 aliphatic heterocycles. The van der Waals surface area contributed by atoms with Crippen LogP contribution in [0.15, 0.2) is 24.3 Å². The largest absolute Gasteiger partial charge is 0.392 e. The van der Waals surface area contributed by atoms with Gasteiger partial charge in [-0.15, -0.1) is 0 Å². The molecule has 2 atom stereocenters. The Morgan fingerprint density at radius 2 is 2.11 bits per heavy atom. The summed E-state index contributed by atoms with van der Waals surface area (Å²) in [7, 11) is 0. The highest BCUT2D eigenvalue weighted by molar-refractivity contribution is 5.22. The smallest absolute Gasteiger partial charge is 0.0681 e. The average Bonchev–Trinajstić information content (AvgIpc) is 2.39. The van der Waals surface area contributed by atoms with E-state index in [1.165, 1.54) is 31.2 Å². The summed E-state index contributed by atoms with van der Waals surface area (Å²) in [5, 5.41) is 12.7. The van der Waals surface area contributed by atoms with Crippen molar-refractivity contribution >= 4 is 0 Å². The molecule has 100 valence electrons. The Morgan fingerprint density at radius 3 is 2.89 bits per heavy atom. The topological polar surface area (TPSA) is 32.3 Å². The normalized spacial score (nSPS) is 24.1. The monoisotopic (exact) mass is 247 g/mol. The number of aliphatic hydroxyl groups is 1. The standard InChI is InChI=1S/C16H25NO/c1-13-4-2-5-14(8-13)10-17-11-15-6-3-7-16(9-15)12-18/h3,6-7,9,13-14,17-18H,2,4-5,8,10-12H2,1H3. The minimum Gasteiger partial charge on any atom is -0.392 e. The number of hydrogen-bond donors (Lipinski definition) is 2. The summed E-state index contributed by atoms with van der Waals surface area (Å²) in [6, 6.07) is 8.18. The minimum atomic E-state index is 0.133. The van der Waals surface area contributed by atoms with Crippen LogP contribution in [-0.4, -0.2) is 11.7 Å². The summed E-state index contributed by atoms with van der Waals surface area (Å²) in [6.45, 7) is 4.55. The molecule has 0 amide bonds. The van der Waals surface area contributed by atoms with Crippen molar-refractivity contribution < 1.29 is 5.11 Å². The molecule has 0 saturated heterocycles. The lowest BCUT2D eigenvalue weighted by Gasteiger charge is -2.26. The molecule has 2 heteroatoms. The predicted molar refractivity (Wildman–Crippen MR) is 75.2 cm³/mol. The maximum absolute atomic E-state index is 9.10. The van der Waals surface area contributed by atoms with Gasteiger partial charge in [0.15, 0.2) is 0 Å². The van der Waals surface area contributed by atoms with Crippen molar-refractivity contribution in [1.29, 1.82) is 0 Å². The van der Waals surface area contributed by atoms with Crippen LogP contribution in [0.5, 0.6) is 0 Å². The Kier molecular flexibility index (Phi) is 5.21. The van der Waals surface area contributed by atoms with E-state index in [0.29, 0.717) is 0 Å². The lowest BCUT2D eigenvalue weighted by molar-refractivity contribution is 0.274. The molecule has 1 aromatic rings. The second-order valence-corrected chi connectivity index (χ2v) is 5.75. The Balaban J connectivity index is 1.74. The SMILES string of the molecule is CC1CCCC(CNCc2cccc(CO)c2)C1. The third-order valence-electron chi connectivity index (χ3n) is 3.98. The van der Waals surface area contributed by atoms with E-state index >= 15 is 0 Å². The molecule has 0 spiro atoms. The first-order valence-electron chi connectivity index (χ1n) is 7.17. The lowest BCUT2D eigenvalue weighted by Crippen LogP contribution is -2.26. The van der Waals surface area contributed by atoms with Crippen LogP contribution in [0.2, 0.25) is 0 Å². The van der Waals surface area contributed by atoms with Crippen LogP contribution in [0.4, 0.5) is 0 Å². The molecule has 2 rings (SSSR count). The summed E-state index contributed by atoms with van der Waals surface area (Å²) < 4.78 is 0. The first kappa shape index (κ1) is 13.6. The van der Waals surface area contributed by atoms with Gasteiger partial charge in [-0.05, 0) is 42.3 Å². The number of rotatable bonds is 5. The highest BCUT2D eigenvalue weighted by Crippen LogP contribution is 2.27. The van der Waals surface area contributed by atoms with Gasteiger partial charge in [0, 0.05) is 6.54 Å². The maximum Gasteiger partial charge on any atom is 0.0681 e. The lowest BCUT2D eigenvalue weighted by atomic mass is 9.82. The Bertz CT molecular complexity index is 364. The predicted octanol–water partition coefficient (Wildman–Crippen LogP) is 3.09. The van der Waals surface area contributed by atoms with Crippen molar-refractivity contribution in [1.82, 2.24) is 5.32 Å². The Morgan fingerprint density at radius 1 is 1.28 bits per heavy atom. The van der Waals surface area contributed by atoms with Gasteiger partial charge in [0.05, 0.1) is 6.61 Å². The molecule has 2 unspecified atom stereocenters. The van der Waals surface area contributed by atoms with Crippen molar-refractivity contribution in [2.75, 3.05) is 6.54 Å². The zero-order valence-corrected chi connectivity index (χ0v) is 11.4. The van der Waals surface area contributed by atoms with Crippen molar-refractivity contribution in [3.63, 3.8) is 0 Å². The van der Waals surface area contributed by atoms with Gasteiger partial charge in [-0.25, -0.2) is 0 Å². The van der Waals surface area contributed by atoms with E-state index in [0.717, 1.165) is 30.5 Å². The van der Waals surface area contributed by atoms with Gasteiger partial charge in [0.25, 0.3) is 0 Å². The molecule has 1 aromatic carbocycles. The number of nitrogens with one attached hydrogen (secondary N) is 1. The molecule has 2 N–H and O–H groups in total. The summed E-state index contributed by atoms with van der Waals surface area (Å²) in [6.07, 6.45) is 5.57. The van der Waals surface area contributed by atoms with Gasteiger partial charge in [0.2, 0.25) is 0 Å². The van der Waals surface area contributed by atoms with Crippen LogP contribution >= 0.6 is 0 Å². The van der Waals surface area contributed by atoms with E-state index in [-0.39, 0.29) is 6.61 Å². The third-order valence-corrected chi connectivity index (χ3v) is 3.98. The molecule has 0 heterocycles. The third kappa shape index (κ3) is 4.11. The molecule has 1 aliphatic rings. The number of hydrogen-bond acceptors (Lipinski definition) is 2. The van der Waals surface area contributed by atoms with Crippen LogP contribution in [-0.2, 0) is 13.2 Å². The Hall–Kier alpha value is -0.860. The van der Waals surface area contributed by atoms with Crippen LogP contribution in [0.3, 0.4) is 0 Å². The first-order valence-corrected chi connectivity index (χ1v) is 7.17. The quantitative estimate of drug-likeness (QED) is 0.838. The molecule has 1 fully saturated rings. The fourth-order valence-corrected chi connectivity index (χ4v) is 3.00. The molecule has 0 radical (unpaired) electrons. The average molecular weight is 247 g/mol. The molecule has 0 aromatic heterocycles. The molecule has 18 heavy (non-hydrogen) atoms. The molecule has 1 saturated carbocycles. The Labute approximate surface area is 110 Å². The van der Waals surface area contributed by atoms with E-state index in [9.17, 15) is 0 Å². The van der Waals surface area contributed by atoms with Crippen LogP contribution in [0.25, 0.3) is 0 Å². The molecule has 1 aliphatic carbocycles. The molecule has 2 nitrogen and oxygen atoms in total. The zero-order valence-electron chi connectivity index (χ0n) is 11.4. The van der Waals surface area contributed by atoms with Crippen LogP contribution in [0.1, 0.15) is 43.7 Å². The van der Waals surface area contributed by atoms with E-state index in [4.69, 9.17) is 5.11 Å². The van der Waals surface area contributed by atoms with Gasteiger partial charge in [-0.2, -0.15) is 0 Å². The highest BCUT2D eigenvalue weighted by Gasteiger charge is 2.18. The number of aliphatic hydroxyl groups excluding tert-OH is 1. The van der Waals surface area contributed by atoms with Crippen molar-refractivity contribution in [2.24, 2.45) is 11.8 Å². The summed E-state index contributed by atoms with van der Waals surface area (Å²) in [5.74, 6) is 1.76. The van der Waals surface area contributed by atoms with Gasteiger partial charge in [-0.1, -0.05) is 44.0 Å². The van der Waals surface area contributed by atoms with Crippen LogP contribution in [0, 0.1) is 11.8 Å².